The van der Waals surface area contributed by atoms with Crippen LogP contribution in [0.15, 0.2) is 24.3 Å². The van der Waals surface area contributed by atoms with Gasteiger partial charge in [0, 0.05) is 43.3 Å². The minimum absolute atomic E-state index is 0.0891. The maximum absolute atomic E-state index is 12.4. The van der Waals surface area contributed by atoms with Crippen molar-refractivity contribution in [3.05, 3.63) is 34.9 Å². The molecule has 5 heteroatoms. The standard InChI is InChI=1S/C14H20ClN3O/c15-13-4-2-12(3-5-13)14(19)18-8-1-7-17(9-6-16)10-11-18/h2-5H,1,6-11,16H2. The van der Waals surface area contributed by atoms with Crippen LogP contribution in [0.3, 0.4) is 0 Å². The molecule has 1 saturated heterocycles. The second-order valence-corrected chi connectivity index (χ2v) is 5.22. The molecule has 1 aromatic rings. The summed E-state index contributed by atoms with van der Waals surface area (Å²) in [6, 6.07) is 7.08. The van der Waals surface area contributed by atoms with Gasteiger partial charge in [-0.3, -0.25) is 4.79 Å². The Hall–Kier alpha value is -1.10. The van der Waals surface area contributed by atoms with Crippen LogP contribution in [0.25, 0.3) is 0 Å². The summed E-state index contributed by atoms with van der Waals surface area (Å²) in [6.07, 6.45) is 0.999. The molecule has 4 nitrogen and oxygen atoms in total. The molecule has 19 heavy (non-hydrogen) atoms. The fourth-order valence-electron chi connectivity index (χ4n) is 2.36. The van der Waals surface area contributed by atoms with E-state index >= 15 is 0 Å². The molecule has 0 unspecified atom stereocenters. The zero-order chi connectivity index (χ0) is 13.7. The number of carbonyl (C=O) groups is 1. The van der Waals surface area contributed by atoms with Crippen LogP contribution < -0.4 is 5.73 Å². The molecule has 0 spiro atoms. The first kappa shape index (κ1) is 14.3. The van der Waals surface area contributed by atoms with Gasteiger partial charge in [0.1, 0.15) is 0 Å². The Kier molecular flexibility index (Phi) is 5.19. The van der Waals surface area contributed by atoms with Crippen molar-refractivity contribution in [2.24, 2.45) is 5.73 Å². The molecule has 104 valence electrons. The van der Waals surface area contributed by atoms with Crippen molar-refractivity contribution < 1.29 is 4.79 Å². The van der Waals surface area contributed by atoms with E-state index in [4.69, 9.17) is 17.3 Å². The van der Waals surface area contributed by atoms with E-state index in [-0.39, 0.29) is 5.91 Å². The first-order chi connectivity index (χ1) is 9.20. The molecule has 1 aliphatic rings. The highest BCUT2D eigenvalue weighted by atomic mass is 35.5. The van der Waals surface area contributed by atoms with Gasteiger partial charge >= 0.3 is 0 Å². The van der Waals surface area contributed by atoms with Crippen molar-refractivity contribution in [1.29, 1.82) is 0 Å². The summed E-state index contributed by atoms with van der Waals surface area (Å²) in [5.41, 5.74) is 6.28. The number of carbonyl (C=O) groups excluding carboxylic acids is 1. The zero-order valence-corrected chi connectivity index (χ0v) is 11.8. The average Bonchev–Trinajstić information content (AvgIpc) is 2.65. The van der Waals surface area contributed by atoms with Crippen molar-refractivity contribution in [1.82, 2.24) is 9.80 Å². The Bertz CT molecular complexity index is 421. The number of hydrogen-bond donors (Lipinski definition) is 1. The zero-order valence-electron chi connectivity index (χ0n) is 11.0. The van der Waals surface area contributed by atoms with Gasteiger partial charge in [-0.15, -0.1) is 0 Å². The van der Waals surface area contributed by atoms with E-state index in [9.17, 15) is 4.79 Å². The molecular weight excluding hydrogens is 262 g/mol. The smallest absolute Gasteiger partial charge is 0.253 e. The predicted octanol–water partition coefficient (Wildman–Crippen LogP) is 1.45. The van der Waals surface area contributed by atoms with E-state index in [0.29, 0.717) is 17.1 Å². The van der Waals surface area contributed by atoms with Gasteiger partial charge in [0.15, 0.2) is 0 Å². The normalized spacial score (nSPS) is 17.3. The van der Waals surface area contributed by atoms with Crippen LogP contribution in [0.4, 0.5) is 0 Å². The van der Waals surface area contributed by atoms with Crippen LogP contribution >= 0.6 is 11.6 Å². The van der Waals surface area contributed by atoms with E-state index in [1.54, 1.807) is 24.3 Å². The summed E-state index contributed by atoms with van der Waals surface area (Å²) in [5, 5.41) is 0.654. The van der Waals surface area contributed by atoms with E-state index in [1.807, 2.05) is 4.90 Å². The predicted molar refractivity (Wildman–Crippen MR) is 77.5 cm³/mol. The molecule has 0 aliphatic carbocycles. The van der Waals surface area contributed by atoms with Crippen LogP contribution in [-0.4, -0.2) is 55.0 Å². The number of rotatable bonds is 3. The van der Waals surface area contributed by atoms with Crippen LogP contribution in [0.1, 0.15) is 16.8 Å². The van der Waals surface area contributed by atoms with Crippen molar-refractivity contribution in [3.8, 4) is 0 Å². The maximum atomic E-state index is 12.4. The number of nitrogens with two attached hydrogens (primary N) is 1. The van der Waals surface area contributed by atoms with E-state index < -0.39 is 0 Å². The SMILES string of the molecule is NCCN1CCCN(C(=O)c2ccc(Cl)cc2)CC1. The lowest BCUT2D eigenvalue weighted by atomic mass is 10.2. The lowest BCUT2D eigenvalue weighted by molar-refractivity contribution is 0.0761. The first-order valence-corrected chi connectivity index (χ1v) is 7.06. The van der Waals surface area contributed by atoms with Gasteiger partial charge in [0.05, 0.1) is 0 Å². The van der Waals surface area contributed by atoms with Crippen molar-refractivity contribution >= 4 is 17.5 Å². The highest BCUT2D eigenvalue weighted by molar-refractivity contribution is 6.30. The van der Waals surface area contributed by atoms with E-state index in [2.05, 4.69) is 4.90 Å². The van der Waals surface area contributed by atoms with Crippen LogP contribution in [0.2, 0.25) is 5.02 Å². The quantitative estimate of drug-likeness (QED) is 0.912. The van der Waals surface area contributed by atoms with Crippen molar-refractivity contribution in [2.45, 2.75) is 6.42 Å². The Morgan fingerprint density at radius 2 is 1.89 bits per heavy atom. The molecule has 1 aromatic carbocycles. The minimum atomic E-state index is 0.0891. The number of amides is 1. The molecule has 1 amide bonds. The Morgan fingerprint density at radius 1 is 1.16 bits per heavy atom. The molecule has 0 radical (unpaired) electrons. The second kappa shape index (κ2) is 6.89. The number of benzene rings is 1. The highest BCUT2D eigenvalue weighted by Gasteiger charge is 2.19. The molecular formula is C14H20ClN3O. The van der Waals surface area contributed by atoms with E-state index in [1.165, 1.54) is 0 Å². The van der Waals surface area contributed by atoms with Crippen LogP contribution in [0.5, 0.6) is 0 Å². The lowest BCUT2D eigenvalue weighted by Crippen LogP contribution is -2.36. The molecule has 0 aromatic heterocycles. The van der Waals surface area contributed by atoms with Gasteiger partial charge in [-0.25, -0.2) is 0 Å². The van der Waals surface area contributed by atoms with Gasteiger partial charge in [-0.05, 0) is 37.2 Å². The largest absolute Gasteiger partial charge is 0.337 e. The second-order valence-electron chi connectivity index (χ2n) is 4.78. The summed E-state index contributed by atoms with van der Waals surface area (Å²) in [6.45, 7) is 5.07. The molecule has 0 saturated carbocycles. The molecule has 0 atom stereocenters. The van der Waals surface area contributed by atoms with Gasteiger partial charge in [-0.1, -0.05) is 11.6 Å². The molecule has 0 bridgehead atoms. The fraction of sp³-hybridized carbons (Fsp3) is 0.500. The Balaban J connectivity index is 1.98. The van der Waals surface area contributed by atoms with Gasteiger partial charge < -0.3 is 15.5 Å². The third-order valence-corrected chi connectivity index (χ3v) is 3.66. The average molecular weight is 282 g/mol. The number of nitrogens with zero attached hydrogens (tertiary/aromatic N) is 2. The third kappa shape index (κ3) is 3.93. The van der Waals surface area contributed by atoms with Crippen LogP contribution in [-0.2, 0) is 0 Å². The maximum Gasteiger partial charge on any atom is 0.253 e. The summed E-state index contributed by atoms with van der Waals surface area (Å²) in [5.74, 6) is 0.0891. The fourth-order valence-corrected chi connectivity index (χ4v) is 2.48. The molecule has 2 N–H and O–H groups in total. The Morgan fingerprint density at radius 3 is 2.58 bits per heavy atom. The molecule has 1 aliphatic heterocycles. The third-order valence-electron chi connectivity index (χ3n) is 3.41. The molecule has 1 heterocycles. The first-order valence-electron chi connectivity index (χ1n) is 6.68. The lowest BCUT2D eigenvalue weighted by Gasteiger charge is -2.21. The van der Waals surface area contributed by atoms with E-state index in [0.717, 1.165) is 39.1 Å². The summed E-state index contributed by atoms with van der Waals surface area (Å²) < 4.78 is 0. The number of halogens is 1. The summed E-state index contributed by atoms with van der Waals surface area (Å²) >= 11 is 5.84. The van der Waals surface area contributed by atoms with Gasteiger partial charge in [0.25, 0.3) is 5.91 Å². The topological polar surface area (TPSA) is 49.6 Å². The Labute approximate surface area is 119 Å². The highest BCUT2D eigenvalue weighted by Crippen LogP contribution is 2.13. The molecule has 1 fully saturated rings. The minimum Gasteiger partial charge on any atom is -0.337 e. The molecule has 2 rings (SSSR count). The number of hydrogen-bond acceptors (Lipinski definition) is 3. The van der Waals surface area contributed by atoms with Gasteiger partial charge in [-0.2, -0.15) is 0 Å². The summed E-state index contributed by atoms with van der Waals surface area (Å²) in [4.78, 5) is 16.6. The monoisotopic (exact) mass is 281 g/mol. The van der Waals surface area contributed by atoms with Crippen molar-refractivity contribution in [2.75, 3.05) is 39.3 Å². The van der Waals surface area contributed by atoms with Crippen molar-refractivity contribution in [3.63, 3.8) is 0 Å². The van der Waals surface area contributed by atoms with Crippen LogP contribution in [0, 0.1) is 0 Å². The summed E-state index contributed by atoms with van der Waals surface area (Å²) in [7, 11) is 0. The van der Waals surface area contributed by atoms with Gasteiger partial charge in [0.2, 0.25) is 0 Å².